The van der Waals surface area contributed by atoms with E-state index in [2.05, 4.69) is 11.6 Å². The molecule has 4 atom stereocenters. The number of hydrogen-bond donors (Lipinski definition) is 1. The maximum atomic E-state index is 6.13. The first-order chi connectivity index (χ1) is 10.2. The van der Waals surface area contributed by atoms with Gasteiger partial charge >= 0.3 is 0 Å². The molecule has 2 saturated carbocycles. The molecule has 0 radical (unpaired) electrons. The fourth-order valence-electron chi connectivity index (χ4n) is 5.23. The quantitative estimate of drug-likeness (QED) is 0.861. The van der Waals surface area contributed by atoms with Crippen molar-refractivity contribution in [3.63, 3.8) is 0 Å². The summed E-state index contributed by atoms with van der Waals surface area (Å²) < 4.78 is 2.43. The lowest BCUT2D eigenvalue weighted by molar-refractivity contribution is 0.152. The highest BCUT2D eigenvalue weighted by molar-refractivity contribution is 5.23. The lowest BCUT2D eigenvalue weighted by atomic mass is 9.67. The van der Waals surface area contributed by atoms with E-state index in [1.165, 1.54) is 62.2 Å². The number of aromatic nitrogens is 2. The second-order valence-electron chi connectivity index (χ2n) is 7.74. The van der Waals surface area contributed by atoms with Crippen LogP contribution in [-0.4, -0.2) is 15.6 Å². The molecule has 3 aliphatic rings. The van der Waals surface area contributed by atoms with E-state index in [1.54, 1.807) is 0 Å². The Morgan fingerprint density at radius 2 is 1.86 bits per heavy atom. The van der Waals surface area contributed by atoms with Crippen molar-refractivity contribution in [2.75, 3.05) is 0 Å². The fourth-order valence-corrected chi connectivity index (χ4v) is 5.23. The smallest absolute Gasteiger partial charge is 0.112 e. The minimum atomic E-state index is 0.328. The van der Waals surface area contributed by atoms with E-state index in [0.717, 1.165) is 31.1 Å². The van der Waals surface area contributed by atoms with Crippen molar-refractivity contribution in [1.82, 2.24) is 9.55 Å². The molecule has 0 saturated heterocycles. The van der Waals surface area contributed by atoms with Crippen molar-refractivity contribution in [3.8, 4) is 0 Å². The standard InChI is InChI=1S/C18H29N3/c1-21-17-9-8-15(19)11-16(17)20-18(21)14-7-6-12-4-2-3-5-13(12)10-14/h12-15H,2-11,19H2,1H3. The first-order valence-electron chi connectivity index (χ1n) is 9.02. The summed E-state index contributed by atoms with van der Waals surface area (Å²) in [5.41, 5.74) is 8.90. The Labute approximate surface area is 128 Å². The molecule has 4 unspecified atom stereocenters. The largest absolute Gasteiger partial charge is 0.335 e. The van der Waals surface area contributed by atoms with Crippen molar-refractivity contribution >= 4 is 0 Å². The molecule has 116 valence electrons. The van der Waals surface area contributed by atoms with Crippen LogP contribution in [0, 0.1) is 11.8 Å². The zero-order valence-corrected chi connectivity index (χ0v) is 13.4. The number of rotatable bonds is 1. The predicted molar refractivity (Wildman–Crippen MR) is 85.2 cm³/mol. The zero-order chi connectivity index (χ0) is 14.4. The SMILES string of the molecule is Cn1c(C2CCC3CCCCC3C2)nc2c1CCC(N)C2. The Bertz CT molecular complexity index is 519. The second-order valence-corrected chi connectivity index (χ2v) is 7.74. The summed E-state index contributed by atoms with van der Waals surface area (Å²) in [6.07, 6.45) is 13.3. The van der Waals surface area contributed by atoms with Gasteiger partial charge in [-0.1, -0.05) is 25.7 Å². The highest BCUT2D eigenvalue weighted by atomic mass is 15.1. The van der Waals surface area contributed by atoms with Crippen molar-refractivity contribution < 1.29 is 0 Å². The molecule has 0 aliphatic heterocycles. The van der Waals surface area contributed by atoms with E-state index in [1.807, 2.05) is 0 Å². The minimum Gasteiger partial charge on any atom is -0.335 e. The molecule has 2 fully saturated rings. The van der Waals surface area contributed by atoms with E-state index in [9.17, 15) is 0 Å². The normalized spacial score (nSPS) is 36.1. The molecule has 4 rings (SSSR count). The average molecular weight is 287 g/mol. The first-order valence-corrected chi connectivity index (χ1v) is 9.02. The molecular formula is C18H29N3. The van der Waals surface area contributed by atoms with Gasteiger partial charge in [-0.3, -0.25) is 0 Å². The predicted octanol–water partition coefficient (Wildman–Crippen LogP) is 3.31. The van der Waals surface area contributed by atoms with Gasteiger partial charge in [0.1, 0.15) is 5.82 Å². The molecular weight excluding hydrogens is 258 g/mol. The number of nitrogens with two attached hydrogens (primary N) is 1. The van der Waals surface area contributed by atoms with E-state index in [0.29, 0.717) is 12.0 Å². The van der Waals surface area contributed by atoms with Crippen molar-refractivity contribution in [1.29, 1.82) is 0 Å². The minimum absolute atomic E-state index is 0.328. The van der Waals surface area contributed by atoms with Gasteiger partial charge in [-0.15, -0.1) is 0 Å². The van der Waals surface area contributed by atoms with Gasteiger partial charge in [-0.05, 0) is 43.9 Å². The molecule has 1 aromatic rings. The van der Waals surface area contributed by atoms with Crippen LogP contribution in [0.15, 0.2) is 0 Å². The van der Waals surface area contributed by atoms with Crippen LogP contribution in [0.2, 0.25) is 0 Å². The van der Waals surface area contributed by atoms with Crippen molar-refractivity contribution in [2.24, 2.45) is 24.6 Å². The lowest BCUT2D eigenvalue weighted by Crippen LogP contribution is -2.28. The van der Waals surface area contributed by atoms with Gasteiger partial charge in [0.2, 0.25) is 0 Å². The lowest BCUT2D eigenvalue weighted by Gasteiger charge is -2.39. The van der Waals surface area contributed by atoms with Gasteiger partial charge in [0.15, 0.2) is 0 Å². The molecule has 2 N–H and O–H groups in total. The summed E-state index contributed by atoms with van der Waals surface area (Å²) in [6.45, 7) is 0. The summed E-state index contributed by atoms with van der Waals surface area (Å²) in [7, 11) is 2.24. The van der Waals surface area contributed by atoms with Gasteiger partial charge in [-0.2, -0.15) is 0 Å². The Morgan fingerprint density at radius 3 is 2.71 bits per heavy atom. The summed E-state index contributed by atoms with van der Waals surface area (Å²) >= 11 is 0. The summed E-state index contributed by atoms with van der Waals surface area (Å²) in [4.78, 5) is 5.04. The summed E-state index contributed by atoms with van der Waals surface area (Å²) in [5, 5.41) is 0. The van der Waals surface area contributed by atoms with Gasteiger partial charge in [0.05, 0.1) is 5.69 Å². The molecule has 0 spiro atoms. The molecule has 0 aromatic carbocycles. The van der Waals surface area contributed by atoms with Crippen LogP contribution in [0.25, 0.3) is 0 Å². The topological polar surface area (TPSA) is 43.8 Å². The van der Waals surface area contributed by atoms with Crippen LogP contribution in [0.3, 0.4) is 0 Å². The first kappa shape index (κ1) is 13.8. The maximum absolute atomic E-state index is 6.13. The maximum Gasteiger partial charge on any atom is 0.112 e. The summed E-state index contributed by atoms with van der Waals surface area (Å²) in [6, 6.07) is 0.328. The highest BCUT2D eigenvalue weighted by Gasteiger charge is 2.35. The molecule has 0 bridgehead atoms. The van der Waals surface area contributed by atoms with Crippen LogP contribution in [-0.2, 0) is 19.9 Å². The Morgan fingerprint density at radius 1 is 1.05 bits per heavy atom. The van der Waals surface area contributed by atoms with Crippen LogP contribution in [0.5, 0.6) is 0 Å². The van der Waals surface area contributed by atoms with E-state index >= 15 is 0 Å². The number of hydrogen-bond acceptors (Lipinski definition) is 2. The van der Waals surface area contributed by atoms with Gasteiger partial charge in [0, 0.05) is 31.1 Å². The molecule has 1 heterocycles. The van der Waals surface area contributed by atoms with E-state index in [4.69, 9.17) is 10.7 Å². The van der Waals surface area contributed by atoms with Gasteiger partial charge in [0.25, 0.3) is 0 Å². The second kappa shape index (κ2) is 5.42. The summed E-state index contributed by atoms with van der Waals surface area (Å²) in [5.74, 6) is 4.08. The fraction of sp³-hybridized carbons (Fsp3) is 0.833. The van der Waals surface area contributed by atoms with Crippen LogP contribution in [0.4, 0.5) is 0 Å². The molecule has 3 nitrogen and oxygen atoms in total. The molecule has 3 aliphatic carbocycles. The zero-order valence-electron chi connectivity index (χ0n) is 13.4. The third-order valence-corrected chi connectivity index (χ3v) is 6.44. The number of fused-ring (bicyclic) bond motifs is 2. The van der Waals surface area contributed by atoms with Crippen LogP contribution < -0.4 is 5.73 Å². The molecule has 0 amide bonds. The van der Waals surface area contributed by atoms with Crippen molar-refractivity contribution in [2.45, 2.75) is 76.2 Å². The third kappa shape index (κ3) is 2.44. The number of imidazole rings is 1. The third-order valence-electron chi connectivity index (χ3n) is 6.44. The van der Waals surface area contributed by atoms with Crippen LogP contribution in [0.1, 0.15) is 74.5 Å². The Hall–Kier alpha value is -0.830. The number of nitrogens with zero attached hydrogens (tertiary/aromatic N) is 2. The average Bonchev–Trinajstić information content (AvgIpc) is 2.83. The van der Waals surface area contributed by atoms with Crippen molar-refractivity contribution in [3.05, 3.63) is 17.2 Å². The molecule has 1 aromatic heterocycles. The molecule has 3 heteroatoms. The monoisotopic (exact) mass is 287 g/mol. The van der Waals surface area contributed by atoms with Gasteiger partial charge < -0.3 is 10.3 Å². The van der Waals surface area contributed by atoms with Gasteiger partial charge in [-0.25, -0.2) is 4.98 Å². The Balaban J connectivity index is 1.56. The van der Waals surface area contributed by atoms with E-state index < -0.39 is 0 Å². The Kier molecular flexibility index (Phi) is 3.56. The highest BCUT2D eigenvalue weighted by Crippen LogP contribution is 2.46. The molecule has 21 heavy (non-hydrogen) atoms. The van der Waals surface area contributed by atoms with Crippen LogP contribution >= 0.6 is 0 Å². The van der Waals surface area contributed by atoms with E-state index in [-0.39, 0.29) is 0 Å².